The fraction of sp³-hybridized carbons (Fsp3) is 0.200. The van der Waals surface area contributed by atoms with Gasteiger partial charge >= 0.3 is 12.4 Å². The highest BCUT2D eigenvalue weighted by Crippen LogP contribution is 2.37. The molecule has 42 heavy (non-hydrogen) atoms. The summed E-state index contributed by atoms with van der Waals surface area (Å²) < 4.78 is 79.2. The number of rotatable bonds is 6. The molecule has 0 radical (unpaired) electrons. The van der Waals surface area contributed by atoms with Crippen LogP contribution < -0.4 is 15.5 Å². The SMILES string of the molecule is O=C(NCc1ccc(C(F)(F)F)cc1)c1ccc(-c2cnc3c(c2)N(Cc2cc(Cl)ccc2C(F)(F)F)CCN3)cc1. The first-order chi connectivity index (χ1) is 19.9. The Morgan fingerprint density at radius 1 is 0.905 bits per heavy atom. The van der Waals surface area contributed by atoms with E-state index in [0.29, 0.717) is 41.3 Å². The van der Waals surface area contributed by atoms with E-state index in [2.05, 4.69) is 15.6 Å². The first-order valence-corrected chi connectivity index (χ1v) is 13.2. The third-order valence-corrected chi connectivity index (χ3v) is 7.07. The van der Waals surface area contributed by atoms with Gasteiger partial charge in [0.05, 0.1) is 16.8 Å². The molecule has 218 valence electrons. The van der Waals surface area contributed by atoms with Crippen molar-refractivity contribution in [2.75, 3.05) is 23.3 Å². The van der Waals surface area contributed by atoms with Gasteiger partial charge in [0.2, 0.25) is 0 Å². The molecule has 0 unspecified atom stereocenters. The molecule has 0 bridgehead atoms. The Balaban J connectivity index is 1.30. The van der Waals surface area contributed by atoms with Crippen molar-refractivity contribution >= 4 is 29.0 Å². The molecule has 5 nitrogen and oxygen atoms in total. The van der Waals surface area contributed by atoms with E-state index in [1.54, 1.807) is 30.5 Å². The average molecular weight is 605 g/mol. The predicted octanol–water partition coefficient (Wildman–Crippen LogP) is 7.80. The van der Waals surface area contributed by atoms with Gasteiger partial charge in [0.1, 0.15) is 5.82 Å². The summed E-state index contributed by atoms with van der Waals surface area (Å²) >= 11 is 6.02. The van der Waals surface area contributed by atoms with E-state index in [1.165, 1.54) is 24.3 Å². The molecule has 0 spiro atoms. The number of halogens is 7. The van der Waals surface area contributed by atoms with Crippen LogP contribution in [-0.2, 0) is 25.4 Å². The number of benzene rings is 3. The van der Waals surface area contributed by atoms with Gasteiger partial charge < -0.3 is 15.5 Å². The van der Waals surface area contributed by atoms with Crippen LogP contribution in [0.1, 0.15) is 32.6 Å². The molecule has 1 aliphatic heterocycles. The third-order valence-electron chi connectivity index (χ3n) is 6.83. The van der Waals surface area contributed by atoms with E-state index >= 15 is 0 Å². The maximum atomic E-state index is 13.6. The molecular weight excluding hydrogens is 582 g/mol. The minimum absolute atomic E-state index is 0.0206. The van der Waals surface area contributed by atoms with Crippen LogP contribution in [0.2, 0.25) is 5.02 Å². The van der Waals surface area contributed by atoms with Crippen molar-refractivity contribution in [2.24, 2.45) is 0 Å². The first-order valence-electron chi connectivity index (χ1n) is 12.8. The third kappa shape index (κ3) is 6.62. The van der Waals surface area contributed by atoms with Crippen LogP contribution in [0.3, 0.4) is 0 Å². The van der Waals surface area contributed by atoms with E-state index in [4.69, 9.17) is 11.6 Å². The fourth-order valence-corrected chi connectivity index (χ4v) is 4.86. The molecule has 0 aliphatic carbocycles. The Morgan fingerprint density at radius 2 is 1.62 bits per heavy atom. The van der Waals surface area contributed by atoms with E-state index in [0.717, 1.165) is 23.8 Å². The number of alkyl halides is 6. The smallest absolute Gasteiger partial charge is 0.367 e. The number of pyridine rings is 1. The van der Waals surface area contributed by atoms with Crippen molar-refractivity contribution in [3.8, 4) is 11.1 Å². The number of aromatic nitrogens is 1. The van der Waals surface area contributed by atoms with Gasteiger partial charge in [0.15, 0.2) is 0 Å². The predicted molar refractivity (Wildman–Crippen MR) is 148 cm³/mol. The summed E-state index contributed by atoms with van der Waals surface area (Å²) in [6.45, 7) is 0.976. The van der Waals surface area contributed by atoms with Gasteiger partial charge in [-0.05, 0) is 65.2 Å². The monoisotopic (exact) mass is 604 g/mol. The second-order valence-corrected chi connectivity index (χ2v) is 10.1. The van der Waals surface area contributed by atoms with Crippen LogP contribution in [0.5, 0.6) is 0 Å². The number of nitrogens with zero attached hydrogens (tertiary/aromatic N) is 2. The summed E-state index contributed by atoms with van der Waals surface area (Å²) in [5.41, 5.74) is 1.47. The van der Waals surface area contributed by atoms with Crippen molar-refractivity contribution in [3.63, 3.8) is 0 Å². The lowest BCUT2D eigenvalue weighted by Crippen LogP contribution is -2.34. The molecule has 0 saturated heterocycles. The van der Waals surface area contributed by atoms with Gasteiger partial charge in [0.25, 0.3) is 5.91 Å². The van der Waals surface area contributed by atoms with E-state index < -0.39 is 29.4 Å². The topological polar surface area (TPSA) is 57.3 Å². The summed E-state index contributed by atoms with van der Waals surface area (Å²) in [4.78, 5) is 18.9. The molecule has 0 saturated carbocycles. The summed E-state index contributed by atoms with van der Waals surface area (Å²) in [7, 11) is 0. The summed E-state index contributed by atoms with van der Waals surface area (Å²) in [6, 6.07) is 16.5. The number of anilines is 2. The molecule has 3 aromatic carbocycles. The molecule has 2 N–H and O–H groups in total. The normalized spacial score (nSPS) is 13.4. The molecule has 1 aliphatic rings. The molecule has 1 amide bonds. The Labute approximate surface area is 242 Å². The molecule has 4 aromatic rings. The highest BCUT2D eigenvalue weighted by Gasteiger charge is 2.34. The molecule has 5 rings (SSSR count). The number of carbonyl (C=O) groups is 1. The lowest BCUT2D eigenvalue weighted by atomic mass is 10.0. The summed E-state index contributed by atoms with van der Waals surface area (Å²) in [5.74, 6) is 0.141. The van der Waals surface area contributed by atoms with Gasteiger partial charge in [0, 0.05) is 48.5 Å². The van der Waals surface area contributed by atoms with Crippen LogP contribution in [0.15, 0.2) is 79.0 Å². The highest BCUT2D eigenvalue weighted by atomic mass is 35.5. The summed E-state index contributed by atoms with van der Waals surface area (Å²) in [5, 5.41) is 6.06. The van der Waals surface area contributed by atoms with Crippen LogP contribution in [0.4, 0.5) is 37.8 Å². The maximum Gasteiger partial charge on any atom is 0.416 e. The van der Waals surface area contributed by atoms with Crippen molar-refractivity contribution in [2.45, 2.75) is 25.4 Å². The standard InChI is InChI=1S/C30H23ClF6N4O/c31-24-9-10-25(30(35,36)37)22(13-24)17-41-12-11-38-27-26(41)14-21(16-39-27)19-3-5-20(6-4-19)28(42)40-15-18-1-7-23(8-2-18)29(32,33)34/h1-10,13-14,16H,11-12,15,17H2,(H,38,39)(H,40,42). The number of hydrogen-bond donors (Lipinski definition) is 2. The molecule has 2 heterocycles. The lowest BCUT2D eigenvalue weighted by molar-refractivity contribution is -0.138. The van der Waals surface area contributed by atoms with E-state index in [9.17, 15) is 31.1 Å². The minimum Gasteiger partial charge on any atom is -0.367 e. The Bertz CT molecular complexity index is 1590. The van der Waals surface area contributed by atoms with Crippen LogP contribution in [0.25, 0.3) is 11.1 Å². The zero-order valence-electron chi connectivity index (χ0n) is 21.8. The number of carbonyl (C=O) groups excluding carboxylic acids is 1. The fourth-order valence-electron chi connectivity index (χ4n) is 4.67. The molecule has 1 aromatic heterocycles. The quantitative estimate of drug-likeness (QED) is 0.221. The Kier molecular flexibility index (Phi) is 8.05. The lowest BCUT2D eigenvalue weighted by Gasteiger charge is -2.32. The van der Waals surface area contributed by atoms with Crippen LogP contribution in [-0.4, -0.2) is 24.0 Å². The van der Waals surface area contributed by atoms with Crippen LogP contribution in [0, 0.1) is 0 Å². The van der Waals surface area contributed by atoms with Gasteiger partial charge in [-0.15, -0.1) is 0 Å². The zero-order chi connectivity index (χ0) is 30.1. The average Bonchev–Trinajstić information content (AvgIpc) is 2.95. The van der Waals surface area contributed by atoms with E-state index in [-0.39, 0.29) is 23.7 Å². The largest absolute Gasteiger partial charge is 0.416 e. The second kappa shape index (κ2) is 11.6. The van der Waals surface area contributed by atoms with Gasteiger partial charge in [-0.25, -0.2) is 4.98 Å². The Hall–Kier alpha value is -4.25. The number of amides is 1. The zero-order valence-corrected chi connectivity index (χ0v) is 22.5. The summed E-state index contributed by atoms with van der Waals surface area (Å²) in [6.07, 6.45) is -7.32. The number of hydrogen-bond acceptors (Lipinski definition) is 4. The van der Waals surface area contributed by atoms with Gasteiger partial charge in [-0.1, -0.05) is 35.9 Å². The van der Waals surface area contributed by atoms with Gasteiger partial charge in [-0.3, -0.25) is 4.79 Å². The van der Waals surface area contributed by atoms with Crippen LogP contribution >= 0.6 is 11.6 Å². The highest BCUT2D eigenvalue weighted by molar-refractivity contribution is 6.30. The Morgan fingerprint density at radius 3 is 2.29 bits per heavy atom. The maximum absolute atomic E-state index is 13.6. The van der Waals surface area contributed by atoms with Crippen molar-refractivity contribution in [1.82, 2.24) is 10.3 Å². The number of fused-ring (bicyclic) bond motifs is 1. The second-order valence-electron chi connectivity index (χ2n) is 9.69. The number of nitrogens with one attached hydrogen (secondary N) is 2. The molecule has 12 heteroatoms. The minimum atomic E-state index is -4.53. The molecule has 0 atom stereocenters. The molecular formula is C30H23ClF6N4O. The molecule has 0 fully saturated rings. The van der Waals surface area contributed by atoms with Crippen molar-refractivity contribution in [3.05, 3.63) is 112 Å². The van der Waals surface area contributed by atoms with Gasteiger partial charge in [-0.2, -0.15) is 26.3 Å². The van der Waals surface area contributed by atoms with Crippen molar-refractivity contribution < 1.29 is 31.1 Å². The first kappa shape index (κ1) is 29.2. The van der Waals surface area contributed by atoms with E-state index in [1.807, 2.05) is 11.0 Å². The van der Waals surface area contributed by atoms with Crippen molar-refractivity contribution in [1.29, 1.82) is 0 Å².